The highest BCUT2D eigenvalue weighted by molar-refractivity contribution is 8.00. The summed E-state index contributed by atoms with van der Waals surface area (Å²) >= 11 is 3.72. The second-order valence-corrected chi connectivity index (χ2v) is 26.4. The summed E-state index contributed by atoms with van der Waals surface area (Å²) in [5, 5.41) is 77.6. The Bertz CT molecular complexity index is 3090. The first-order chi connectivity index (χ1) is 51.2. The van der Waals surface area contributed by atoms with Crippen LogP contribution in [0.1, 0.15) is 101 Å². The topological polar surface area (TPSA) is 420 Å². The minimum absolute atomic E-state index is 0.00167. The van der Waals surface area contributed by atoms with E-state index in [9.17, 15) is 63.9 Å². The molecule has 0 radical (unpaired) electrons. The van der Waals surface area contributed by atoms with Crippen LogP contribution >= 0.6 is 23.5 Å². The summed E-state index contributed by atoms with van der Waals surface area (Å²) in [4.78, 5) is 96.5. The molecule has 15 N–H and O–H groups in total. The molecular formula is C67H110N12O19S2. The predicted octanol–water partition coefficient (Wildman–Crippen LogP) is 0.610. The summed E-state index contributed by atoms with van der Waals surface area (Å²) in [6.07, 6.45) is 0.150. The molecule has 0 aromatic heterocycles. The molecule has 5 saturated heterocycles. The van der Waals surface area contributed by atoms with Crippen molar-refractivity contribution < 1.29 is 103 Å². The highest BCUT2D eigenvalue weighted by atomic mass is 32.2. The number of aldehydes is 1. The highest BCUT2D eigenvalue weighted by Gasteiger charge is 2.46. The quantitative estimate of drug-likeness (QED) is 0.0187. The number of anilines is 2. The number of unbranched alkanes of at least 4 members (excludes halogenated alkanes) is 2. The molecule has 33 heteroatoms. The smallest absolute Gasteiger partial charge is 0.315 e. The van der Waals surface area contributed by atoms with Gasteiger partial charge >= 0.3 is 12.1 Å². The Kier molecular flexibility index (Phi) is 35.7. The molecular weight excluding hydrogens is 1340 g/mol. The first-order valence-electron chi connectivity index (χ1n) is 37.9. The third-order valence-corrected chi connectivity index (χ3v) is 19.0. The number of thioether (sulfide) groups is 2. The van der Waals surface area contributed by atoms with Gasteiger partial charge in [-0.2, -0.15) is 23.5 Å². The van der Waals surface area contributed by atoms with Gasteiger partial charge in [-0.05, 0) is 127 Å². The molecule has 7 rings (SSSR count). The van der Waals surface area contributed by atoms with E-state index in [4.69, 9.17) is 39.4 Å². The molecule has 11 atom stereocenters. The average molecular weight is 1460 g/mol. The van der Waals surface area contributed by atoms with Gasteiger partial charge in [0.15, 0.2) is 0 Å². The van der Waals surface area contributed by atoms with Gasteiger partial charge in [0.2, 0.25) is 35.8 Å². The number of rotatable bonds is 47. The maximum absolute atomic E-state index is 12.5. The van der Waals surface area contributed by atoms with Gasteiger partial charge in [0.1, 0.15) is 42.2 Å². The van der Waals surface area contributed by atoms with Crippen LogP contribution in [0.3, 0.4) is 0 Å². The molecule has 5 aliphatic rings. The number of likely N-dealkylation sites (N-methyl/N-ethyl adjacent to an activating group) is 2. The summed E-state index contributed by atoms with van der Waals surface area (Å²) < 4.78 is 94.5. The molecule has 100 heavy (non-hydrogen) atoms. The summed E-state index contributed by atoms with van der Waals surface area (Å²) in [6, 6.07) is 12.9. The normalized spacial score (nSPS) is 24.2. The molecule has 5 aliphatic heterocycles. The maximum Gasteiger partial charge on any atom is 0.315 e. The lowest BCUT2D eigenvalue weighted by molar-refractivity contribution is -0.277. The number of aromatic hydroxyl groups is 1. The summed E-state index contributed by atoms with van der Waals surface area (Å²) in [6.45, 7) is -7.35. The largest absolute Gasteiger partial charge is 0.508 e. The fourth-order valence-corrected chi connectivity index (χ4v) is 13.6. The fraction of sp³-hybridized carbons (Fsp3) is 0.701. The van der Waals surface area contributed by atoms with Crippen LogP contribution in [-0.2, 0) is 52.5 Å². The Labute approximate surface area is 606 Å². The van der Waals surface area contributed by atoms with E-state index in [2.05, 4.69) is 53.2 Å². The fourth-order valence-electron chi connectivity index (χ4n) is 10.5. The number of carbonyl (C=O) groups is 8. The Balaban J connectivity index is 0.000000313. The van der Waals surface area contributed by atoms with Crippen molar-refractivity contribution in [3.63, 3.8) is 0 Å². The first kappa shape index (κ1) is 72.2. The number of hydrogen-bond donors (Lipinski definition) is 15. The number of benzene rings is 2. The molecule has 0 spiro atoms. The van der Waals surface area contributed by atoms with Crippen molar-refractivity contribution in [1.29, 1.82) is 0 Å². The van der Waals surface area contributed by atoms with Gasteiger partial charge in [-0.25, -0.2) is 9.59 Å². The van der Waals surface area contributed by atoms with Crippen LogP contribution in [0.15, 0.2) is 48.5 Å². The summed E-state index contributed by atoms with van der Waals surface area (Å²) in [5.74, 6) is 1.17. The monoisotopic (exact) mass is 1460 g/mol. The standard InChI is InChI=1S/C30H48N6O7S.C24H41N3O9.C13H21N3O3S/c1-36(28(40)7-3-2-6-25-29-24(21-44-25)34-30(41)35-29)20-27(39)32-14-5-17-43-19-18-42-16-4-13-31-15-12-26(38)33-22-8-10-23(37)11-9-22;1-25-9-2-12-33-14-15-34-13-3-10-26-11-8-20(29)27-17-4-6-18(7-5-17)35-24-23(32)22(31)21(30)19(16-28)36-24;1-16(6-7-17)11(18)5-3-2-4-10-12-9(8-20-10)14-13(19)15-12/h8-11,24-25,29,31,37H,2-7,12-21H2,1H3,(H,32,39)(H,33,38)(H2,34,35,41);4-7,19,21-26,28,30-32H,2-3,8-16H2,1H3,(H,27,29);7,9-10,12H,2-6,8H2,1H3,(H2,14,15,19)/t24-,25-,29-;;9-,10-,12-/m0.0/s1/i16D2,17D2;12D2,13D2;. The molecule has 564 valence electrons. The minimum atomic E-state index is -2.08. The number of urea groups is 2. The number of amides is 9. The SMILES string of the molecule is CN(CC=O)C(=O)CCCC[C@@H]1SC[C@@H]2NC(=O)N[C@@H]21.[2H]C([2H])(CCNC)OCCOC([2H])([2H])CCNCCC(=O)Nc1ccc(OC2OC(CO)C(O)C(O)C2O)cc1.[2H]C([2H])(CCNCCC(=O)Nc1ccc(O)cc1)OCCOC([2H])([2H])CCNC(=O)CN(C)C(=O)CCCC[C@@H]1SC[C@@H]2NC(=O)N[C@@H]21. The molecule has 0 aliphatic carbocycles. The van der Waals surface area contributed by atoms with E-state index in [1.54, 1.807) is 45.4 Å². The Morgan fingerprint density at radius 2 is 1.07 bits per heavy atom. The number of phenols is 1. The molecule has 5 unspecified atom stereocenters. The van der Waals surface area contributed by atoms with Gasteiger partial charge in [0.05, 0.1) is 81.3 Å². The number of fused-ring (bicyclic) bond motifs is 2. The van der Waals surface area contributed by atoms with Gasteiger partial charge in [-0.15, -0.1) is 0 Å². The van der Waals surface area contributed by atoms with Crippen LogP contribution in [0.4, 0.5) is 21.0 Å². The van der Waals surface area contributed by atoms with Crippen molar-refractivity contribution >= 4 is 82.8 Å². The van der Waals surface area contributed by atoms with Crippen LogP contribution in [-0.4, -0.2) is 293 Å². The molecule has 5 heterocycles. The number of phenolic OH excluding ortho intramolecular Hbond substituents is 1. The van der Waals surface area contributed by atoms with E-state index in [1.807, 2.05) is 23.5 Å². The van der Waals surface area contributed by atoms with Crippen LogP contribution in [0.5, 0.6) is 11.5 Å². The number of nitrogens with zero attached hydrogens (tertiary/aromatic N) is 2. The van der Waals surface area contributed by atoms with Crippen molar-refractivity contribution in [2.24, 2.45) is 0 Å². The molecule has 0 saturated carbocycles. The molecule has 31 nitrogen and oxygen atoms in total. The average Bonchev–Trinajstić information content (AvgIpc) is 1.74. The van der Waals surface area contributed by atoms with E-state index < -0.39 is 69.5 Å². The zero-order valence-electron chi connectivity index (χ0n) is 65.2. The molecule has 5 fully saturated rings. The lowest BCUT2D eigenvalue weighted by Crippen LogP contribution is -2.60. The summed E-state index contributed by atoms with van der Waals surface area (Å²) in [7, 11) is 4.91. The van der Waals surface area contributed by atoms with Gasteiger partial charge in [-0.3, -0.25) is 24.0 Å². The van der Waals surface area contributed by atoms with E-state index in [-0.39, 0.29) is 169 Å². The first-order valence-corrected chi connectivity index (χ1v) is 35.9. The number of carbonyl (C=O) groups excluding carboxylic acids is 8. The van der Waals surface area contributed by atoms with Gasteiger partial charge < -0.3 is 122 Å². The Morgan fingerprint density at radius 1 is 0.600 bits per heavy atom. The lowest BCUT2D eigenvalue weighted by Gasteiger charge is -2.39. The Hall–Kier alpha value is -6.18. The van der Waals surface area contributed by atoms with E-state index in [0.717, 1.165) is 49.9 Å². The molecule has 9 amide bonds. The van der Waals surface area contributed by atoms with Crippen molar-refractivity contribution in [2.45, 2.75) is 155 Å². The van der Waals surface area contributed by atoms with E-state index >= 15 is 0 Å². The van der Waals surface area contributed by atoms with Gasteiger partial charge in [-0.1, -0.05) is 12.8 Å². The number of aliphatic hydroxyl groups is 4. The second kappa shape index (κ2) is 49.4. The predicted molar refractivity (Wildman–Crippen MR) is 379 cm³/mol. The van der Waals surface area contributed by atoms with Crippen LogP contribution < -0.4 is 57.9 Å². The number of nitrogens with one attached hydrogen (secondary N) is 10. The van der Waals surface area contributed by atoms with Crippen molar-refractivity contribution in [1.82, 2.24) is 52.3 Å². The van der Waals surface area contributed by atoms with Gasteiger partial charge in [0.25, 0.3) is 0 Å². The zero-order chi connectivity index (χ0) is 79.5. The number of aliphatic hydroxyl groups excluding tert-OH is 4. The van der Waals surface area contributed by atoms with Gasteiger partial charge in [0, 0.05) is 119 Å². The zero-order valence-corrected chi connectivity index (χ0v) is 58.8. The van der Waals surface area contributed by atoms with Crippen molar-refractivity contribution in [3.8, 4) is 11.5 Å². The van der Waals surface area contributed by atoms with E-state index in [0.29, 0.717) is 60.8 Å². The van der Waals surface area contributed by atoms with Crippen LogP contribution in [0, 0.1) is 0 Å². The van der Waals surface area contributed by atoms with Crippen LogP contribution in [0.25, 0.3) is 0 Å². The summed E-state index contributed by atoms with van der Waals surface area (Å²) in [5.41, 5.74) is 1.04. The molecule has 2 aromatic rings. The van der Waals surface area contributed by atoms with E-state index in [1.165, 1.54) is 34.1 Å². The van der Waals surface area contributed by atoms with Crippen LogP contribution in [0.2, 0.25) is 0 Å². The third-order valence-electron chi connectivity index (χ3n) is 16.0. The lowest BCUT2D eigenvalue weighted by atomic mass is 9.99. The van der Waals surface area contributed by atoms with Crippen molar-refractivity contribution in [2.75, 3.05) is 155 Å². The molecule has 0 bridgehead atoms. The third kappa shape index (κ3) is 33.3. The Morgan fingerprint density at radius 3 is 1.55 bits per heavy atom. The number of hydrogen-bond acceptors (Lipinski definition) is 24. The van der Waals surface area contributed by atoms with Crippen molar-refractivity contribution in [3.05, 3.63) is 48.5 Å². The minimum Gasteiger partial charge on any atom is -0.508 e. The highest BCUT2D eigenvalue weighted by Crippen LogP contribution is 2.35. The second-order valence-electron chi connectivity index (χ2n) is 23.8. The molecule has 2 aromatic carbocycles. The maximum atomic E-state index is 12.5. The number of ether oxygens (including phenoxy) is 6.